The molecule has 1 aromatic carbocycles. The van der Waals surface area contributed by atoms with Crippen molar-refractivity contribution in [2.75, 3.05) is 13.6 Å². The van der Waals surface area contributed by atoms with Crippen molar-refractivity contribution in [1.29, 1.82) is 0 Å². The lowest BCUT2D eigenvalue weighted by Gasteiger charge is -2.48. The van der Waals surface area contributed by atoms with Gasteiger partial charge in [-0.15, -0.1) is 0 Å². The first-order valence-electron chi connectivity index (χ1n) is 11.0. The number of hydrogen-bond acceptors (Lipinski definition) is 8. The topological polar surface area (TPSA) is 111 Å². The van der Waals surface area contributed by atoms with Crippen LogP contribution in [0.1, 0.15) is 64.0 Å². The van der Waals surface area contributed by atoms with Crippen LogP contribution in [0.15, 0.2) is 12.1 Å². The standard InChI is InChI=1S/C17H22O7S.C5H11N/c1-4-10-6-7-12(22-23-24-25-20)14-13(10)17(5-2)15(21-14)11(18)8-9-16(17,3)19;1-6-4-5-2-3-5/h6-7,15,19-20H,4-5,8-9H2,1-3H3;5-6H,2-4H2,1H3/p+1/t15-,16?,17-;/m0./s1. The monoisotopic (exact) mass is 456 g/mol. The largest absolute Gasteiger partial charge is 0.477 e. The van der Waals surface area contributed by atoms with Crippen LogP contribution in [0.5, 0.6) is 11.5 Å². The molecular weight excluding hydrogens is 422 g/mol. The van der Waals surface area contributed by atoms with Gasteiger partial charge >= 0.3 is 0 Å². The first kappa shape index (κ1) is 24.3. The molecule has 2 fully saturated rings. The van der Waals surface area contributed by atoms with Gasteiger partial charge in [-0.2, -0.15) is 0 Å². The summed E-state index contributed by atoms with van der Waals surface area (Å²) in [4.78, 5) is 17.7. The summed E-state index contributed by atoms with van der Waals surface area (Å²) in [6.45, 7) is 7.09. The van der Waals surface area contributed by atoms with Crippen molar-refractivity contribution in [3.8, 4) is 11.5 Å². The molecule has 0 bridgehead atoms. The molecule has 2 aliphatic carbocycles. The van der Waals surface area contributed by atoms with Crippen LogP contribution in [0, 0.1) is 5.92 Å². The average Bonchev–Trinajstić information content (AvgIpc) is 3.49. The molecule has 9 heteroatoms. The number of benzene rings is 1. The van der Waals surface area contributed by atoms with Crippen molar-refractivity contribution in [3.63, 3.8) is 0 Å². The van der Waals surface area contributed by atoms with Crippen LogP contribution >= 0.6 is 12.3 Å². The fourth-order valence-corrected chi connectivity index (χ4v) is 5.08. The number of ketones is 1. The van der Waals surface area contributed by atoms with Crippen LogP contribution in [0.2, 0.25) is 0 Å². The van der Waals surface area contributed by atoms with E-state index in [1.165, 1.54) is 19.4 Å². The fraction of sp³-hybridized carbons (Fsp3) is 0.682. The third kappa shape index (κ3) is 4.58. The van der Waals surface area contributed by atoms with Gasteiger partial charge in [0.25, 0.3) is 0 Å². The summed E-state index contributed by atoms with van der Waals surface area (Å²) in [7, 11) is 2.14. The number of quaternary nitrogens is 1. The Balaban J connectivity index is 0.000000391. The first-order chi connectivity index (χ1) is 14.9. The maximum atomic E-state index is 12.6. The molecule has 2 saturated carbocycles. The predicted octanol–water partition coefficient (Wildman–Crippen LogP) is 2.72. The van der Waals surface area contributed by atoms with Gasteiger partial charge in [0.05, 0.1) is 24.6 Å². The van der Waals surface area contributed by atoms with Crippen molar-refractivity contribution >= 4 is 18.1 Å². The number of Topliss-reactive ketones (excluding diaryl/α,β-unsaturated/α-hetero) is 1. The van der Waals surface area contributed by atoms with E-state index in [1.807, 2.05) is 19.9 Å². The molecule has 174 valence electrons. The zero-order valence-electron chi connectivity index (χ0n) is 18.7. The molecule has 0 radical (unpaired) electrons. The number of rotatable bonds is 8. The molecule has 1 aromatic rings. The first-order valence-corrected chi connectivity index (χ1v) is 11.7. The molecule has 4 rings (SSSR count). The van der Waals surface area contributed by atoms with Gasteiger partial charge in [0.2, 0.25) is 5.75 Å². The second kappa shape index (κ2) is 10.1. The number of ether oxygens (including phenoxy) is 1. The third-order valence-electron chi connectivity index (χ3n) is 6.84. The zero-order valence-corrected chi connectivity index (χ0v) is 19.5. The highest BCUT2D eigenvalue weighted by Gasteiger charge is 2.64. The van der Waals surface area contributed by atoms with Crippen LogP contribution in [0.3, 0.4) is 0 Å². The molecule has 3 aliphatic rings. The molecule has 0 amide bonds. The minimum absolute atomic E-state index is 0.00366. The number of aryl methyl sites for hydroxylation is 1. The number of aliphatic hydroxyl groups is 1. The van der Waals surface area contributed by atoms with Gasteiger partial charge in [-0.3, -0.25) is 4.79 Å². The van der Waals surface area contributed by atoms with Gasteiger partial charge in [-0.05, 0) is 50.7 Å². The summed E-state index contributed by atoms with van der Waals surface area (Å²) in [5.74, 6) is 1.68. The van der Waals surface area contributed by atoms with Gasteiger partial charge in [-0.25, -0.2) is 0 Å². The van der Waals surface area contributed by atoms with E-state index in [4.69, 9.17) is 14.2 Å². The van der Waals surface area contributed by atoms with Crippen LogP contribution in [0.4, 0.5) is 0 Å². The van der Waals surface area contributed by atoms with E-state index in [0.29, 0.717) is 25.0 Å². The average molecular weight is 457 g/mol. The Hall–Kier alpha value is -1.36. The van der Waals surface area contributed by atoms with Gasteiger partial charge in [0, 0.05) is 22.9 Å². The highest BCUT2D eigenvalue weighted by Crippen LogP contribution is 2.59. The number of nitrogens with two attached hydrogens (primary N) is 1. The van der Waals surface area contributed by atoms with Crippen molar-refractivity contribution in [3.05, 3.63) is 23.3 Å². The Kier molecular flexibility index (Phi) is 7.88. The Bertz CT molecular complexity index is 783. The van der Waals surface area contributed by atoms with E-state index < -0.39 is 17.1 Å². The minimum Gasteiger partial charge on any atom is -0.477 e. The van der Waals surface area contributed by atoms with Gasteiger partial charge in [0.1, 0.15) is 0 Å². The molecule has 1 heterocycles. The molecule has 3 atom stereocenters. The third-order valence-corrected chi connectivity index (χ3v) is 6.95. The minimum atomic E-state index is -1.09. The lowest BCUT2D eigenvalue weighted by molar-refractivity contribution is -0.629. The molecule has 1 aliphatic heterocycles. The normalized spacial score (nSPS) is 28.8. The number of carbonyl (C=O) groups excluding carboxylic acids is 1. The van der Waals surface area contributed by atoms with Crippen molar-refractivity contribution in [2.45, 2.75) is 76.4 Å². The summed E-state index contributed by atoms with van der Waals surface area (Å²) < 4.78 is 18.8. The lowest BCUT2D eigenvalue weighted by Crippen LogP contribution is -2.80. The molecule has 4 N–H and O–H groups in total. The Morgan fingerprint density at radius 3 is 2.61 bits per heavy atom. The molecule has 0 spiro atoms. The maximum absolute atomic E-state index is 12.6. The van der Waals surface area contributed by atoms with Crippen molar-refractivity contribution < 1.29 is 38.8 Å². The van der Waals surface area contributed by atoms with E-state index in [0.717, 1.165) is 17.0 Å². The molecular formula is C22H34NO7S+. The summed E-state index contributed by atoms with van der Waals surface area (Å²) >= 11 is 0.00366. The highest BCUT2D eigenvalue weighted by atomic mass is 32.2. The molecule has 1 unspecified atom stereocenters. The lowest BCUT2D eigenvalue weighted by atomic mass is 9.57. The summed E-state index contributed by atoms with van der Waals surface area (Å²) in [5.41, 5.74) is -0.154. The zero-order chi connectivity index (χ0) is 22.6. The second-order valence-electron chi connectivity index (χ2n) is 8.72. The smallest absolute Gasteiger partial charge is 0.210 e. The highest BCUT2D eigenvalue weighted by molar-refractivity contribution is 7.88. The predicted molar refractivity (Wildman–Crippen MR) is 116 cm³/mol. The number of fused-ring (bicyclic) bond motifs is 3. The molecule has 0 aromatic heterocycles. The van der Waals surface area contributed by atoms with Crippen molar-refractivity contribution in [2.24, 2.45) is 5.92 Å². The molecule has 31 heavy (non-hydrogen) atoms. The van der Waals surface area contributed by atoms with Gasteiger partial charge < -0.3 is 24.6 Å². The van der Waals surface area contributed by atoms with Crippen LogP contribution in [-0.4, -0.2) is 40.7 Å². The van der Waals surface area contributed by atoms with Crippen molar-refractivity contribution in [1.82, 2.24) is 0 Å². The van der Waals surface area contributed by atoms with Crippen LogP contribution < -0.4 is 14.9 Å². The quantitative estimate of drug-likeness (QED) is 0.237. The maximum Gasteiger partial charge on any atom is 0.210 e. The number of carbonyl (C=O) groups is 1. The Morgan fingerprint density at radius 2 is 2.06 bits per heavy atom. The molecule has 0 saturated heterocycles. The van der Waals surface area contributed by atoms with E-state index >= 15 is 0 Å². The summed E-state index contributed by atoms with van der Waals surface area (Å²) in [6, 6.07) is 3.52. The van der Waals surface area contributed by atoms with Gasteiger partial charge in [0.15, 0.2) is 30.0 Å². The van der Waals surface area contributed by atoms with Crippen LogP contribution in [0.25, 0.3) is 0 Å². The van der Waals surface area contributed by atoms with E-state index in [1.54, 1.807) is 13.0 Å². The molecule has 8 nitrogen and oxygen atoms in total. The fourth-order valence-electron chi connectivity index (χ4n) is 5.03. The number of hydrogen-bond donors (Lipinski definition) is 3. The van der Waals surface area contributed by atoms with E-state index in [2.05, 4.69) is 21.7 Å². The summed E-state index contributed by atoms with van der Waals surface area (Å²) in [6.07, 6.45) is 4.13. The Morgan fingerprint density at radius 1 is 1.32 bits per heavy atom. The SMILES string of the molecule is CCc1ccc(OOOSO)c2c1[C@@]1(CC)[C@@H](O2)C(=O)CCC1(C)O.C[NH2+]CC1CC1. The second-order valence-corrected chi connectivity index (χ2v) is 9.01. The van der Waals surface area contributed by atoms with E-state index in [-0.39, 0.29) is 30.3 Å². The van der Waals surface area contributed by atoms with Crippen LogP contribution in [-0.2, 0) is 26.0 Å². The summed E-state index contributed by atoms with van der Waals surface area (Å²) in [5, 5.41) is 17.9. The van der Waals surface area contributed by atoms with E-state index in [9.17, 15) is 9.90 Å². The van der Waals surface area contributed by atoms with Gasteiger partial charge in [-0.1, -0.05) is 24.2 Å². The Labute approximate surface area is 187 Å².